The Balaban J connectivity index is 0.00000256. The molecule has 0 aliphatic rings. The van der Waals surface area contributed by atoms with E-state index in [9.17, 15) is 8.42 Å². The Kier molecular flexibility index (Phi) is 10.1. The number of nitrogens with one attached hydrogen (secondary N) is 1. The van der Waals surface area contributed by atoms with Crippen LogP contribution in [-0.4, -0.2) is 30.4 Å². The number of hydrogen-bond donors (Lipinski definition) is 1. The Morgan fingerprint density at radius 3 is 2.19 bits per heavy atom. The van der Waals surface area contributed by atoms with Gasteiger partial charge in [0.1, 0.15) is 5.76 Å². The molecular weight excluding hydrogens is 469 g/mol. The van der Waals surface area contributed by atoms with Crippen LogP contribution in [0.25, 0.3) is 22.6 Å². The zero-order chi connectivity index (χ0) is 21.9. The second-order valence-corrected chi connectivity index (χ2v) is 9.55. The number of oxazole rings is 1. The molecule has 3 aromatic rings. The van der Waals surface area contributed by atoms with E-state index in [2.05, 4.69) is 23.8 Å². The van der Waals surface area contributed by atoms with Crippen LogP contribution >= 0.6 is 24.8 Å². The highest BCUT2D eigenvalue weighted by molar-refractivity contribution is 7.90. The zero-order valence-electron chi connectivity index (χ0n) is 18.6. The van der Waals surface area contributed by atoms with Gasteiger partial charge >= 0.3 is 0 Å². The molecule has 0 aliphatic carbocycles. The Hall–Kier alpha value is -2.22. The molecule has 2 aromatic heterocycles. The van der Waals surface area contributed by atoms with E-state index in [4.69, 9.17) is 9.83 Å². The number of halogens is 2. The Morgan fingerprint density at radius 1 is 1.06 bits per heavy atom. The first kappa shape index (κ1) is 27.8. The molecule has 1 atom stereocenters. The quantitative estimate of drug-likeness (QED) is 0.387. The van der Waals surface area contributed by atoms with Crippen LogP contribution in [0.2, 0.25) is 0 Å². The maximum Gasteiger partial charge on any atom is 0.226 e. The van der Waals surface area contributed by atoms with Gasteiger partial charge in [-0.1, -0.05) is 26.0 Å². The number of aromatic nitrogens is 2. The second-order valence-electron chi connectivity index (χ2n) is 7.59. The van der Waals surface area contributed by atoms with E-state index in [1.807, 2.05) is 31.2 Å². The highest BCUT2D eigenvalue weighted by atomic mass is 35.5. The highest BCUT2D eigenvalue weighted by Gasteiger charge is 2.14. The number of pyridine rings is 1. The molecule has 0 fully saturated rings. The lowest BCUT2D eigenvalue weighted by atomic mass is 9.98. The van der Waals surface area contributed by atoms with E-state index < -0.39 is 9.84 Å². The number of sulfone groups is 1. The number of nitrogens with zero attached hydrogens (tertiary/aromatic N) is 2. The van der Waals surface area contributed by atoms with Crippen LogP contribution in [0.15, 0.2) is 52.0 Å². The lowest BCUT2D eigenvalue weighted by Crippen LogP contribution is -2.10. The van der Waals surface area contributed by atoms with Crippen molar-refractivity contribution in [2.45, 2.75) is 45.1 Å². The minimum absolute atomic E-state index is 0. The maximum atomic E-state index is 11.6. The lowest BCUT2D eigenvalue weighted by molar-refractivity contribution is 0.539. The Labute approximate surface area is 202 Å². The van der Waals surface area contributed by atoms with Crippen molar-refractivity contribution in [2.24, 2.45) is 5.92 Å². The van der Waals surface area contributed by atoms with Gasteiger partial charge in [-0.25, -0.2) is 18.4 Å². The number of aryl methyl sites for hydroxylation is 2. The fraction of sp³-hybridized carbons (Fsp3) is 0.348. The van der Waals surface area contributed by atoms with E-state index in [-0.39, 0.29) is 29.8 Å². The topological polar surface area (TPSA) is 96.9 Å². The number of benzene rings is 1. The van der Waals surface area contributed by atoms with Crippen molar-refractivity contribution in [1.82, 2.24) is 9.97 Å². The van der Waals surface area contributed by atoms with E-state index in [1.54, 1.807) is 12.3 Å². The molecule has 0 saturated carbocycles. The first-order valence-electron chi connectivity index (χ1n) is 9.99. The third-order valence-electron chi connectivity index (χ3n) is 5.31. The van der Waals surface area contributed by atoms with E-state index >= 15 is 0 Å². The average molecular weight is 498 g/mol. The van der Waals surface area contributed by atoms with Gasteiger partial charge in [0, 0.05) is 29.3 Å². The fourth-order valence-electron chi connectivity index (χ4n) is 3.10. The normalized spacial score (nSPS) is 11.9. The van der Waals surface area contributed by atoms with E-state index in [1.165, 1.54) is 6.07 Å². The smallest absolute Gasteiger partial charge is 0.226 e. The molecule has 9 heteroatoms. The summed E-state index contributed by atoms with van der Waals surface area (Å²) in [6.07, 6.45) is 5.07. The summed E-state index contributed by atoms with van der Waals surface area (Å²) in [5.74, 6) is 1.64. The van der Waals surface area contributed by atoms with Gasteiger partial charge in [0.2, 0.25) is 5.89 Å². The lowest BCUT2D eigenvalue weighted by Gasteiger charge is -2.09. The Bertz CT molecular complexity index is 1140. The molecular formula is C23H29Cl2N3O3S. The predicted molar refractivity (Wildman–Crippen MR) is 133 cm³/mol. The molecule has 3 rings (SSSR count). The molecule has 1 N–H and O–H groups in total. The van der Waals surface area contributed by atoms with Crippen LogP contribution in [0, 0.1) is 18.3 Å². The maximum absolute atomic E-state index is 11.6. The van der Waals surface area contributed by atoms with Gasteiger partial charge in [-0.3, -0.25) is 0 Å². The third kappa shape index (κ3) is 6.64. The van der Waals surface area contributed by atoms with Gasteiger partial charge < -0.3 is 9.83 Å². The molecule has 174 valence electrons. The predicted octanol–water partition coefficient (Wildman–Crippen LogP) is 5.96. The van der Waals surface area contributed by atoms with Crippen LogP contribution in [0.3, 0.4) is 0 Å². The Morgan fingerprint density at radius 2 is 1.66 bits per heavy atom. The minimum Gasteiger partial charge on any atom is -0.441 e. The van der Waals surface area contributed by atoms with Crippen LogP contribution in [-0.2, 0) is 16.3 Å². The van der Waals surface area contributed by atoms with E-state index in [0.29, 0.717) is 24.7 Å². The van der Waals surface area contributed by atoms with Gasteiger partial charge in [-0.05, 0) is 61.9 Å². The molecule has 0 spiro atoms. The molecule has 0 unspecified atom stereocenters. The number of rotatable bonds is 8. The molecule has 0 saturated heterocycles. The molecule has 0 aliphatic heterocycles. The molecule has 0 radical (unpaired) electrons. The van der Waals surface area contributed by atoms with Crippen molar-refractivity contribution in [3.05, 3.63) is 54.0 Å². The van der Waals surface area contributed by atoms with Crippen LogP contribution in [0.5, 0.6) is 0 Å². The second kappa shape index (κ2) is 11.6. The number of hydrogen-bond acceptors (Lipinski definition) is 6. The van der Waals surface area contributed by atoms with Crippen LogP contribution in [0.4, 0.5) is 0 Å². The summed E-state index contributed by atoms with van der Waals surface area (Å²) in [4.78, 5) is 8.67. The minimum atomic E-state index is -3.31. The molecule has 6 nitrogen and oxygen atoms in total. The average Bonchev–Trinajstić information content (AvgIpc) is 3.11. The third-order valence-corrected chi connectivity index (χ3v) is 6.31. The highest BCUT2D eigenvalue weighted by Crippen LogP contribution is 2.26. The summed E-state index contributed by atoms with van der Waals surface area (Å²) >= 11 is 0. The largest absolute Gasteiger partial charge is 0.441 e. The summed E-state index contributed by atoms with van der Waals surface area (Å²) < 4.78 is 29.0. The monoisotopic (exact) mass is 497 g/mol. The first-order valence-corrected chi connectivity index (χ1v) is 11.9. The summed E-state index contributed by atoms with van der Waals surface area (Å²) in [6.45, 7) is 6.08. The fourth-order valence-corrected chi connectivity index (χ4v) is 3.66. The molecule has 0 amide bonds. The van der Waals surface area contributed by atoms with Crippen molar-refractivity contribution in [3.63, 3.8) is 0 Å². The summed E-state index contributed by atoms with van der Waals surface area (Å²) in [5, 5.41) is 8.20. The standard InChI is InChI=1S/C23H27N3O3S.2ClH/c1-5-15(2)20(24)11-12-21-16(3)29-23(26-21)18-8-6-17(7-9-18)19-10-13-22(25-14-19)30(4,27)28;;/h6-10,13-15,24H,5,11-12H2,1-4H3;2*1H/t15-;;/m1../s1. The van der Waals surface area contributed by atoms with Gasteiger partial charge in [0.15, 0.2) is 14.9 Å². The van der Waals surface area contributed by atoms with Crippen molar-refractivity contribution >= 4 is 40.4 Å². The van der Waals surface area contributed by atoms with Crippen LogP contribution < -0.4 is 0 Å². The zero-order valence-corrected chi connectivity index (χ0v) is 21.0. The van der Waals surface area contributed by atoms with Gasteiger partial charge in [0.25, 0.3) is 0 Å². The van der Waals surface area contributed by atoms with Gasteiger partial charge in [0.05, 0.1) is 5.69 Å². The SMILES string of the molecule is CC[C@@H](C)C(=N)CCc1nc(-c2ccc(-c3ccc(S(C)(=O)=O)nc3)cc2)oc1C.Cl.Cl. The van der Waals surface area contributed by atoms with Crippen molar-refractivity contribution in [1.29, 1.82) is 5.41 Å². The van der Waals surface area contributed by atoms with Crippen molar-refractivity contribution in [2.75, 3.05) is 6.26 Å². The summed E-state index contributed by atoms with van der Waals surface area (Å²) in [6, 6.07) is 11.0. The summed E-state index contributed by atoms with van der Waals surface area (Å²) in [5.41, 5.74) is 4.27. The van der Waals surface area contributed by atoms with Gasteiger partial charge in [-0.2, -0.15) is 0 Å². The molecule has 32 heavy (non-hydrogen) atoms. The molecule has 2 heterocycles. The molecule has 0 bridgehead atoms. The van der Waals surface area contributed by atoms with Crippen molar-refractivity contribution in [3.8, 4) is 22.6 Å². The summed E-state index contributed by atoms with van der Waals surface area (Å²) in [7, 11) is -3.31. The molecule has 1 aromatic carbocycles. The first-order chi connectivity index (χ1) is 14.2. The van der Waals surface area contributed by atoms with Crippen molar-refractivity contribution < 1.29 is 12.8 Å². The van der Waals surface area contributed by atoms with Crippen LogP contribution in [0.1, 0.15) is 38.1 Å². The van der Waals surface area contributed by atoms with E-state index in [0.717, 1.165) is 46.5 Å². The van der Waals surface area contributed by atoms with Gasteiger partial charge in [-0.15, -0.1) is 24.8 Å².